The van der Waals surface area contributed by atoms with Gasteiger partial charge in [0.15, 0.2) is 0 Å². The van der Waals surface area contributed by atoms with Gasteiger partial charge >= 0.3 is 0 Å². The number of hydrogen-bond acceptors (Lipinski definition) is 4. The van der Waals surface area contributed by atoms with Crippen molar-refractivity contribution < 1.29 is 18.8 Å². The molecular formula is C19H15F2N3O3. The second-order valence-electron chi connectivity index (χ2n) is 5.91. The molecule has 27 heavy (non-hydrogen) atoms. The number of carbonyl (C=O) groups is 1. The third-order valence-electron chi connectivity index (χ3n) is 4.09. The number of para-hydroxylation sites is 1. The Bertz CT molecular complexity index is 1130. The summed E-state index contributed by atoms with van der Waals surface area (Å²) >= 11 is 0. The van der Waals surface area contributed by atoms with Crippen LogP contribution in [0.15, 0.2) is 41.2 Å². The molecule has 138 valence electrons. The maximum absolute atomic E-state index is 14.4. The summed E-state index contributed by atoms with van der Waals surface area (Å²) in [6.45, 7) is 3.20. The molecule has 3 aromatic rings. The molecule has 2 N–H and O–H groups in total. The van der Waals surface area contributed by atoms with Crippen molar-refractivity contribution in [2.24, 2.45) is 0 Å². The number of amides is 1. The van der Waals surface area contributed by atoms with Crippen molar-refractivity contribution in [1.82, 2.24) is 15.0 Å². The molecule has 3 rings (SSSR count). The number of benzene rings is 2. The number of carbonyl (C=O) groups excluding carboxylic acids is 1. The molecule has 0 unspecified atom stereocenters. The zero-order valence-electron chi connectivity index (χ0n) is 14.5. The van der Waals surface area contributed by atoms with Gasteiger partial charge in [-0.1, -0.05) is 12.1 Å². The number of hydrogen-bond donors (Lipinski definition) is 2. The lowest BCUT2D eigenvalue weighted by Crippen LogP contribution is -2.24. The van der Waals surface area contributed by atoms with Gasteiger partial charge in [-0.05, 0) is 37.6 Å². The van der Waals surface area contributed by atoms with E-state index in [-0.39, 0.29) is 28.0 Å². The van der Waals surface area contributed by atoms with E-state index >= 15 is 0 Å². The van der Waals surface area contributed by atoms with Crippen LogP contribution >= 0.6 is 0 Å². The number of rotatable bonds is 3. The van der Waals surface area contributed by atoms with Crippen LogP contribution in [0.1, 0.15) is 17.0 Å². The zero-order valence-corrected chi connectivity index (χ0v) is 14.5. The Morgan fingerprint density at radius 3 is 2.63 bits per heavy atom. The summed E-state index contributed by atoms with van der Waals surface area (Å²) in [5, 5.41) is 8.56. The Kier molecular flexibility index (Phi) is 4.83. The van der Waals surface area contributed by atoms with Crippen molar-refractivity contribution >= 4 is 22.9 Å². The van der Waals surface area contributed by atoms with Crippen molar-refractivity contribution in [3.05, 3.63) is 75.3 Å². The first-order valence-corrected chi connectivity index (χ1v) is 7.94. The van der Waals surface area contributed by atoms with Gasteiger partial charge in [0.05, 0.1) is 16.6 Å². The Hall–Kier alpha value is -3.39. The van der Waals surface area contributed by atoms with E-state index in [1.165, 1.54) is 30.6 Å². The third kappa shape index (κ3) is 3.34. The third-order valence-corrected chi connectivity index (χ3v) is 4.09. The van der Waals surface area contributed by atoms with Crippen LogP contribution in [0.25, 0.3) is 22.7 Å². The highest BCUT2D eigenvalue weighted by Crippen LogP contribution is 2.21. The minimum absolute atomic E-state index is 0.0503. The molecule has 0 saturated carbocycles. The monoisotopic (exact) mass is 371 g/mol. The molecule has 0 aliphatic rings. The van der Waals surface area contributed by atoms with Crippen molar-refractivity contribution in [2.45, 2.75) is 13.8 Å². The molecule has 6 nitrogen and oxygen atoms in total. The molecule has 1 amide bonds. The Morgan fingerprint density at radius 1 is 1.22 bits per heavy atom. The molecule has 0 fully saturated rings. The fourth-order valence-corrected chi connectivity index (χ4v) is 2.84. The number of aryl methyl sites for hydroxylation is 2. The normalized spacial score (nSPS) is 11.3. The molecule has 0 aliphatic heterocycles. The molecule has 0 atom stereocenters. The first kappa shape index (κ1) is 18.4. The molecule has 1 heterocycles. The van der Waals surface area contributed by atoms with Gasteiger partial charge in [0.2, 0.25) is 0 Å². The molecule has 0 spiro atoms. The van der Waals surface area contributed by atoms with Gasteiger partial charge in [-0.25, -0.2) is 19.2 Å². The maximum Gasteiger partial charge on any atom is 0.267 e. The highest BCUT2D eigenvalue weighted by molar-refractivity contribution is 5.91. The zero-order chi connectivity index (χ0) is 19.7. The first-order valence-electron chi connectivity index (χ1n) is 7.94. The number of nitrogens with one attached hydrogen (secondary N) is 1. The van der Waals surface area contributed by atoms with Crippen molar-refractivity contribution in [2.75, 3.05) is 0 Å². The summed E-state index contributed by atoms with van der Waals surface area (Å²) in [4.78, 5) is 28.3. The lowest BCUT2D eigenvalue weighted by atomic mass is 10.1. The van der Waals surface area contributed by atoms with E-state index < -0.39 is 23.1 Å². The standard InChI is InChI=1S/C19H15F2N3O3/c1-10-4-3-5-14(20)18(10)24-11(2)22-16-9-15(21)12(6-7-17(25)23-27)8-13(16)19(24)26/h3-9,27H,1-2H3,(H,23,25)/b7-6+. The number of aromatic nitrogens is 2. The average Bonchev–Trinajstić information content (AvgIpc) is 2.62. The van der Waals surface area contributed by atoms with Gasteiger partial charge in [0, 0.05) is 17.7 Å². The second kappa shape index (κ2) is 7.08. The van der Waals surface area contributed by atoms with E-state index in [4.69, 9.17) is 5.21 Å². The van der Waals surface area contributed by atoms with E-state index in [1.54, 1.807) is 13.0 Å². The van der Waals surface area contributed by atoms with Crippen LogP contribution in [0, 0.1) is 25.5 Å². The van der Waals surface area contributed by atoms with E-state index in [9.17, 15) is 18.4 Å². The van der Waals surface area contributed by atoms with Gasteiger partial charge in [0.25, 0.3) is 11.5 Å². The van der Waals surface area contributed by atoms with Crippen molar-refractivity contribution in [1.29, 1.82) is 0 Å². The van der Waals surface area contributed by atoms with Crippen molar-refractivity contribution in [3.63, 3.8) is 0 Å². The minimum Gasteiger partial charge on any atom is -0.288 e. The van der Waals surface area contributed by atoms with E-state index in [0.717, 1.165) is 22.8 Å². The van der Waals surface area contributed by atoms with Crippen LogP contribution in [0.2, 0.25) is 0 Å². The first-order chi connectivity index (χ1) is 12.8. The Labute approximate surface area is 152 Å². The number of halogens is 2. The highest BCUT2D eigenvalue weighted by atomic mass is 19.1. The molecule has 2 aromatic carbocycles. The van der Waals surface area contributed by atoms with Gasteiger partial charge in [-0.3, -0.25) is 19.4 Å². The predicted molar refractivity (Wildman–Crippen MR) is 95.7 cm³/mol. The lowest BCUT2D eigenvalue weighted by Gasteiger charge is -2.14. The predicted octanol–water partition coefficient (Wildman–Crippen LogP) is 2.80. The molecule has 8 heteroatoms. The molecule has 0 saturated heterocycles. The summed E-state index contributed by atoms with van der Waals surface area (Å²) in [6, 6.07) is 6.74. The summed E-state index contributed by atoms with van der Waals surface area (Å²) in [5.41, 5.74) is 1.51. The molecule has 0 bridgehead atoms. The quantitative estimate of drug-likeness (QED) is 0.421. The van der Waals surface area contributed by atoms with Gasteiger partial charge in [-0.15, -0.1) is 0 Å². The fraction of sp³-hybridized carbons (Fsp3) is 0.105. The molecule has 0 radical (unpaired) electrons. The van der Waals surface area contributed by atoms with Crippen LogP contribution < -0.4 is 11.0 Å². The summed E-state index contributed by atoms with van der Waals surface area (Å²) in [6.07, 6.45) is 2.02. The topological polar surface area (TPSA) is 84.2 Å². The number of fused-ring (bicyclic) bond motifs is 1. The van der Waals surface area contributed by atoms with E-state index in [0.29, 0.717) is 5.56 Å². The van der Waals surface area contributed by atoms with Crippen LogP contribution in [-0.4, -0.2) is 20.7 Å². The van der Waals surface area contributed by atoms with Gasteiger partial charge in [0.1, 0.15) is 17.5 Å². The average molecular weight is 371 g/mol. The number of hydroxylamine groups is 1. The number of nitrogens with zero attached hydrogens (tertiary/aromatic N) is 2. The van der Waals surface area contributed by atoms with Crippen LogP contribution in [0.3, 0.4) is 0 Å². The molecule has 1 aromatic heterocycles. The minimum atomic E-state index is -0.851. The lowest BCUT2D eigenvalue weighted by molar-refractivity contribution is -0.124. The summed E-state index contributed by atoms with van der Waals surface area (Å²) in [7, 11) is 0. The molecule has 0 aliphatic carbocycles. The smallest absolute Gasteiger partial charge is 0.267 e. The van der Waals surface area contributed by atoms with Crippen LogP contribution in [0.4, 0.5) is 8.78 Å². The van der Waals surface area contributed by atoms with Crippen LogP contribution in [-0.2, 0) is 4.79 Å². The van der Waals surface area contributed by atoms with E-state index in [2.05, 4.69) is 4.98 Å². The molecular weight excluding hydrogens is 356 g/mol. The maximum atomic E-state index is 14.4. The summed E-state index contributed by atoms with van der Waals surface area (Å²) in [5.74, 6) is -1.92. The SMILES string of the molecule is Cc1cccc(F)c1-n1c(C)nc2cc(F)c(/C=C/C(=O)NO)cc2c1=O. The van der Waals surface area contributed by atoms with Crippen LogP contribution in [0.5, 0.6) is 0 Å². The Morgan fingerprint density at radius 2 is 1.96 bits per heavy atom. The second-order valence-corrected chi connectivity index (χ2v) is 5.91. The van der Waals surface area contributed by atoms with E-state index in [1.807, 2.05) is 0 Å². The fourth-order valence-electron chi connectivity index (χ4n) is 2.84. The van der Waals surface area contributed by atoms with Gasteiger partial charge in [-0.2, -0.15) is 0 Å². The summed E-state index contributed by atoms with van der Waals surface area (Å²) < 4.78 is 29.7. The largest absolute Gasteiger partial charge is 0.288 e. The van der Waals surface area contributed by atoms with Gasteiger partial charge < -0.3 is 0 Å². The Balaban J connectivity index is 2.30. The highest BCUT2D eigenvalue weighted by Gasteiger charge is 2.16. The van der Waals surface area contributed by atoms with Crippen molar-refractivity contribution in [3.8, 4) is 5.69 Å².